The maximum Gasteiger partial charge on any atom is 0.422 e. The maximum absolute atomic E-state index is 12.7. The van der Waals surface area contributed by atoms with E-state index in [1.807, 2.05) is 32.0 Å². The van der Waals surface area contributed by atoms with E-state index in [0.717, 1.165) is 34.1 Å². The first kappa shape index (κ1) is 22.2. The number of nitrogens with one attached hydrogen (secondary N) is 2. The zero-order valence-corrected chi connectivity index (χ0v) is 17.2. The number of fused-ring (bicyclic) bond motifs is 1. The number of aromatic nitrogens is 1. The smallest absolute Gasteiger partial charge is 0.422 e. The van der Waals surface area contributed by atoms with Gasteiger partial charge in [0.15, 0.2) is 6.61 Å². The highest BCUT2D eigenvalue weighted by Crippen LogP contribution is 2.32. The van der Waals surface area contributed by atoms with Gasteiger partial charge in [-0.2, -0.15) is 13.2 Å². The summed E-state index contributed by atoms with van der Waals surface area (Å²) in [7, 11) is 0. The van der Waals surface area contributed by atoms with Crippen LogP contribution < -0.4 is 5.32 Å². The summed E-state index contributed by atoms with van der Waals surface area (Å²) >= 11 is 0. The van der Waals surface area contributed by atoms with Crippen molar-refractivity contribution in [3.05, 3.63) is 35.0 Å². The Bertz CT molecular complexity index is 920. The molecular weight excluding hydrogens is 397 g/mol. The van der Waals surface area contributed by atoms with Gasteiger partial charge in [-0.1, -0.05) is 31.0 Å². The molecule has 5 nitrogen and oxygen atoms in total. The summed E-state index contributed by atoms with van der Waals surface area (Å²) in [6, 6.07) is 6.06. The number of aromatic amines is 1. The largest absolute Gasteiger partial charge is 0.456 e. The fourth-order valence-electron chi connectivity index (χ4n) is 4.30. The minimum absolute atomic E-state index is 0.294. The molecule has 0 aliphatic heterocycles. The fourth-order valence-corrected chi connectivity index (χ4v) is 4.30. The Kier molecular flexibility index (Phi) is 6.73. The number of para-hydroxylation sites is 1. The van der Waals surface area contributed by atoms with Gasteiger partial charge in [-0.05, 0) is 44.2 Å². The number of carbonyl (C=O) groups excluding carboxylic acids is 2. The molecule has 1 fully saturated rings. The number of ether oxygens (including phenoxy) is 1. The van der Waals surface area contributed by atoms with Crippen molar-refractivity contribution in [3.8, 4) is 0 Å². The molecule has 1 aliphatic carbocycles. The van der Waals surface area contributed by atoms with Crippen molar-refractivity contribution in [3.63, 3.8) is 0 Å². The number of H-pyrrole nitrogens is 1. The molecule has 1 heterocycles. The molecule has 0 bridgehead atoms. The SMILES string of the molecule is Cc1[nH]c2c(C)cccc2c1CCNC(=O)[C@@H]1CCCC[C@H]1C(=O)OCC(F)(F)F. The Labute approximate surface area is 173 Å². The zero-order valence-electron chi connectivity index (χ0n) is 17.2. The molecule has 0 spiro atoms. The number of alkyl halides is 3. The summed E-state index contributed by atoms with van der Waals surface area (Å²) in [6.45, 7) is 2.80. The molecule has 1 saturated carbocycles. The van der Waals surface area contributed by atoms with Crippen LogP contribution in [-0.2, 0) is 20.7 Å². The van der Waals surface area contributed by atoms with Gasteiger partial charge in [-0.25, -0.2) is 0 Å². The molecule has 2 aromatic rings. The number of rotatable bonds is 6. The number of aryl methyl sites for hydroxylation is 2. The van der Waals surface area contributed by atoms with Crippen LogP contribution in [0.2, 0.25) is 0 Å². The molecular formula is C22H27F3N2O3. The lowest BCUT2D eigenvalue weighted by Gasteiger charge is -2.29. The van der Waals surface area contributed by atoms with E-state index >= 15 is 0 Å². The quantitative estimate of drug-likeness (QED) is 0.677. The first-order valence-corrected chi connectivity index (χ1v) is 10.2. The zero-order chi connectivity index (χ0) is 21.9. The minimum Gasteiger partial charge on any atom is -0.456 e. The van der Waals surface area contributed by atoms with Crippen LogP contribution in [0, 0.1) is 25.7 Å². The van der Waals surface area contributed by atoms with Gasteiger partial charge in [0.25, 0.3) is 0 Å². The maximum atomic E-state index is 12.7. The summed E-state index contributed by atoms with van der Waals surface area (Å²) in [5.74, 6) is -2.70. The van der Waals surface area contributed by atoms with Crippen molar-refractivity contribution >= 4 is 22.8 Å². The third kappa shape index (κ3) is 5.15. The third-order valence-corrected chi connectivity index (χ3v) is 5.82. The van der Waals surface area contributed by atoms with E-state index < -0.39 is 30.6 Å². The highest BCUT2D eigenvalue weighted by molar-refractivity contribution is 5.88. The first-order chi connectivity index (χ1) is 14.2. The number of esters is 1. The summed E-state index contributed by atoms with van der Waals surface area (Å²) in [5.41, 5.74) is 4.39. The molecule has 1 amide bonds. The standard InChI is InChI=1S/C22H27F3N2O3/c1-13-6-5-9-16-15(14(2)27-19(13)16)10-11-26-20(28)17-7-3-4-8-18(17)21(29)30-12-22(23,24)25/h5-6,9,17-18,27H,3-4,7-8,10-12H2,1-2H3,(H,26,28)/t17-,18-/m1/s1. The molecule has 3 rings (SSSR count). The number of hydrogen-bond acceptors (Lipinski definition) is 3. The molecule has 1 aromatic carbocycles. The van der Waals surface area contributed by atoms with Crippen LogP contribution in [0.15, 0.2) is 18.2 Å². The van der Waals surface area contributed by atoms with E-state index in [-0.39, 0.29) is 5.91 Å². The number of amides is 1. The van der Waals surface area contributed by atoms with E-state index in [0.29, 0.717) is 32.2 Å². The van der Waals surface area contributed by atoms with Crippen LogP contribution in [0.25, 0.3) is 10.9 Å². The molecule has 1 aliphatic rings. The lowest BCUT2D eigenvalue weighted by Crippen LogP contribution is -2.41. The molecule has 164 valence electrons. The van der Waals surface area contributed by atoms with Crippen LogP contribution >= 0.6 is 0 Å². The molecule has 1 aromatic heterocycles. The van der Waals surface area contributed by atoms with Crippen molar-refractivity contribution in [2.24, 2.45) is 11.8 Å². The second-order valence-corrected chi connectivity index (χ2v) is 7.99. The number of halogens is 3. The number of carbonyl (C=O) groups is 2. The Morgan fingerprint density at radius 1 is 1.17 bits per heavy atom. The van der Waals surface area contributed by atoms with Gasteiger partial charge in [0.2, 0.25) is 5.91 Å². The van der Waals surface area contributed by atoms with Crippen molar-refractivity contribution in [2.75, 3.05) is 13.2 Å². The predicted molar refractivity (Wildman–Crippen MR) is 107 cm³/mol. The molecule has 8 heteroatoms. The Morgan fingerprint density at radius 3 is 2.57 bits per heavy atom. The summed E-state index contributed by atoms with van der Waals surface area (Å²) in [4.78, 5) is 28.2. The lowest BCUT2D eigenvalue weighted by molar-refractivity contribution is -0.191. The van der Waals surface area contributed by atoms with E-state index in [1.54, 1.807) is 0 Å². The molecule has 0 unspecified atom stereocenters. The number of benzene rings is 1. The second kappa shape index (κ2) is 9.10. The van der Waals surface area contributed by atoms with E-state index in [2.05, 4.69) is 15.0 Å². The first-order valence-electron chi connectivity index (χ1n) is 10.2. The van der Waals surface area contributed by atoms with Gasteiger partial charge in [0.05, 0.1) is 11.8 Å². The monoisotopic (exact) mass is 424 g/mol. The summed E-state index contributed by atoms with van der Waals surface area (Å²) < 4.78 is 41.5. The molecule has 30 heavy (non-hydrogen) atoms. The summed E-state index contributed by atoms with van der Waals surface area (Å²) in [5, 5.41) is 3.99. The van der Waals surface area contributed by atoms with Crippen LogP contribution in [-0.4, -0.2) is 36.2 Å². The van der Waals surface area contributed by atoms with Crippen molar-refractivity contribution in [1.29, 1.82) is 0 Å². The van der Waals surface area contributed by atoms with Gasteiger partial charge in [0.1, 0.15) is 0 Å². The van der Waals surface area contributed by atoms with E-state index in [9.17, 15) is 22.8 Å². The average Bonchev–Trinajstić information content (AvgIpc) is 3.02. The van der Waals surface area contributed by atoms with E-state index in [4.69, 9.17) is 0 Å². The van der Waals surface area contributed by atoms with Crippen LogP contribution in [0.1, 0.15) is 42.5 Å². The van der Waals surface area contributed by atoms with Crippen LogP contribution in [0.3, 0.4) is 0 Å². The van der Waals surface area contributed by atoms with Gasteiger partial charge in [-0.3, -0.25) is 9.59 Å². The summed E-state index contributed by atoms with van der Waals surface area (Å²) in [6.07, 6.45) is -1.64. The molecule has 2 N–H and O–H groups in total. The van der Waals surface area contributed by atoms with Crippen LogP contribution in [0.4, 0.5) is 13.2 Å². The Hall–Kier alpha value is -2.51. The third-order valence-electron chi connectivity index (χ3n) is 5.82. The predicted octanol–water partition coefficient (Wildman–Crippen LogP) is 4.36. The highest BCUT2D eigenvalue weighted by Gasteiger charge is 2.38. The van der Waals surface area contributed by atoms with Gasteiger partial charge < -0.3 is 15.0 Å². The van der Waals surface area contributed by atoms with Crippen molar-refractivity contribution < 1.29 is 27.5 Å². The van der Waals surface area contributed by atoms with Crippen molar-refractivity contribution in [2.45, 2.75) is 52.1 Å². The molecule has 2 atom stereocenters. The van der Waals surface area contributed by atoms with Gasteiger partial charge in [0, 0.05) is 23.1 Å². The fraction of sp³-hybridized carbons (Fsp3) is 0.545. The van der Waals surface area contributed by atoms with Crippen LogP contribution in [0.5, 0.6) is 0 Å². The van der Waals surface area contributed by atoms with E-state index in [1.165, 1.54) is 0 Å². The molecule has 0 saturated heterocycles. The molecule has 0 radical (unpaired) electrons. The van der Waals surface area contributed by atoms with Crippen molar-refractivity contribution in [1.82, 2.24) is 10.3 Å². The van der Waals surface area contributed by atoms with Gasteiger partial charge >= 0.3 is 12.1 Å². The second-order valence-electron chi connectivity index (χ2n) is 7.99. The van der Waals surface area contributed by atoms with Gasteiger partial charge in [-0.15, -0.1) is 0 Å². The Balaban J connectivity index is 1.60. The highest BCUT2D eigenvalue weighted by atomic mass is 19.4. The average molecular weight is 424 g/mol. The topological polar surface area (TPSA) is 71.2 Å². The Morgan fingerprint density at radius 2 is 1.87 bits per heavy atom. The normalized spacial score (nSPS) is 19.6. The minimum atomic E-state index is -4.57. The number of hydrogen-bond donors (Lipinski definition) is 2. The lowest BCUT2D eigenvalue weighted by atomic mass is 9.78.